The summed E-state index contributed by atoms with van der Waals surface area (Å²) in [5.41, 5.74) is 0.866. The Morgan fingerprint density at radius 2 is 1.95 bits per heavy atom. The van der Waals surface area contributed by atoms with Crippen molar-refractivity contribution in [2.75, 3.05) is 17.2 Å². The molecule has 0 unspecified atom stereocenters. The maximum atomic E-state index is 10.4. The molecule has 7 nitrogen and oxygen atoms in total. The van der Waals surface area contributed by atoms with Crippen LogP contribution in [0.1, 0.15) is 6.42 Å². The van der Waals surface area contributed by atoms with Crippen LogP contribution < -0.4 is 10.6 Å². The molecule has 0 aliphatic carbocycles. The number of rotatable bonds is 6. The van der Waals surface area contributed by atoms with E-state index in [1.807, 2.05) is 12.1 Å². The number of carbonyl (C=O) groups is 1. The highest BCUT2D eigenvalue weighted by molar-refractivity contribution is 5.67. The highest BCUT2D eigenvalue weighted by Crippen LogP contribution is 2.14. The van der Waals surface area contributed by atoms with Gasteiger partial charge in [-0.05, 0) is 12.1 Å². The van der Waals surface area contributed by atoms with Gasteiger partial charge in [0.15, 0.2) is 0 Å². The second-order valence-electron chi connectivity index (χ2n) is 3.72. The third-order valence-corrected chi connectivity index (χ3v) is 2.26. The van der Waals surface area contributed by atoms with Crippen LogP contribution in [0.2, 0.25) is 0 Å². The summed E-state index contributed by atoms with van der Waals surface area (Å²) in [5.74, 6) is 0.350. The van der Waals surface area contributed by atoms with Gasteiger partial charge >= 0.3 is 5.97 Å². The molecule has 3 N–H and O–H groups in total. The average molecular weight is 259 g/mol. The van der Waals surface area contributed by atoms with E-state index in [0.717, 1.165) is 5.69 Å². The van der Waals surface area contributed by atoms with Crippen molar-refractivity contribution in [2.24, 2.45) is 0 Å². The van der Waals surface area contributed by atoms with Crippen molar-refractivity contribution in [3.63, 3.8) is 0 Å². The summed E-state index contributed by atoms with van der Waals surface area (Å²) in [4.78, 5) is 22.4. The fourth-order valence-electron chi connectivity index (χ4n) is 1.40. The van der Waals surface area contributed by atoms with Crippen molar-refractivity contribution < 1.29 is 9.90 Å². The number of nitrogens with one attached hydrogen (secondary N) is 2. The predicted octanol–water partition coefficient (Wildman–Crippen LogP) is 1.50. The summed E-state index contributed by atoms with van der Waals surface area (Å²) in [6.45, 7) is 0.320. The van der Waals surface area contributed by atoms with Gasteiger partial charge in [0.2, 0.25) is 0 Å². The van der Waals surface area contributed by atoms with Crippen molar-refractivity contribution >= 4 is 23.3 Å². The SMILES string of the molecule is O=C(O)CCNc1cc(Nc2ccncc2)ncn1. The minimum Gasteiger partial charge on any atom is -0.481 e. The van der Waals surface area contributed by atoms with Crippen molar-refractivity contribution in [3.05, 3.63) is 36.9 Å². The molecule has 0 spiro atoms. The lowest BCUT2D eigenvalue weighted by Crippen LogP contribution is -2.09. The normalized spacial score (nSPS) is 9.89. The van der Waals surface area contributed by atoms with E-state index in [0.29, 0.717) is 18.2 Å². The lowest BCUT2D eigenvalue weighted by molar-refractivity contribution is -0.136. The monoisotopic (exact) mass is 259 g/mol. The van der Waals surface area contributed by atoms with Crippen LogP contribution in [-0.4, -0.2) is 32.6 Å². The topological polar surface area (TPSA) is 100 Å². The van der Waals surface area contributed by atoms with Crippen molar-refractivity contribution in [1.29, 1.82) is 0 Å². The third-order valence-electron chi connectivity index (χ3n) is 2.26. The Kier molecular flexibility index (Phi) is 4.22. The van der Waals surface area contributed by atoms with E-state index in [1.54, 1.807) is 18.5 Å². The van der Waals surface area contributed by atoms with E-state index in [1.165, 1.54) is 6.33 Å². The summed E-state index contributed by atoms with van der Waals surface area (Å²) >= 11 is 0. The zero-order chi connectivity index (χ0) is 13.5. The van der Waals surface area contributed by atoms with Gasteiger partial charge in [-0.1, -0.05) is 0 Å². The van der Waals surface area contributed by atoms with Gasteiger partial charge in [0.05, 0.1) is 6.42 Å². The lowest BCUT2D eigenvalue weighted by atomic mass is 10.4. The van der Waals surface area contributed by atoms with E-state index < -0.39 is 5.97 Å². The van der Waals surface area contributed by atoms with Crippen molar-refractivity contribution in [2.45, 2.75) is 6.42 Å². The Labute approximate surface area is 109 Å². The summed E-state index contributed by atoms with van der Waals surface area (Å²) in [5, 5.41) is 14.6. The zero-order valence-corrected chi connectivity index (χ0v) is 10.1. The first-order valence-electron chi connectivity index (χ1n) is 5.69. The number of aromatic nitrogens is 3. The summed E-state index contributed by atoms with van der Waals surface area (Å²) in [6.07, 6.45) is 4.80. The quantitative estimate of drug-likeness (QED) is 0.722. The van der Waals surface area contributed by atoms with E-state index in [-0.39, 0.29) is 6.42 Å². The van der Waals surface area contributed by atoms with Crippen molar-refractivity contribution in [1.82, 2.24) is 15.0 Å². The maximum Gasteiger partial charge on any atom is 0.305 e. The van der Waals surface area contributed by atoms with Gasteiger partial charge < -0.3 is 15.7 Å². The smallest absolute Gasteiger partial charge is 0.305 e. The summed E-state index contributed by atoms with van der Waals surface area (Å²) in [6, 6.07) is 5.35. The largest absolute Gasteiger partial charge is 0.481 e. The van der Waals surface area contributed by atoms with Crippen LogP contribution in [0.25, 0.3) is 0 Å². The summed E-state index contributed by atoms with van der Waals surface area (Å²) in [7, 11) is 0. The lowest BCUT2D eigenvalue weighted by Gasteiger charge is -2.07. The molecular weight excluding hydrogens is 246 g/mol. The Hall–Kier alpha value is -2.70. The highest BCUT2D eigenvalue weighted by atomic mass is 16.4. The predicted molar refractivity (Wildman–Crippen MR) is 70.3 cm³/mol. The molecule has 2 aromatic heterocycles. The number of carboxylic acids is 1. The molecule has 0 saturated heterocycles. The van der Waals surface area contributed by atoms with E-state index >= 15 is 0 Å². The van der Waals surface area contributed by atoms with Gasteiger partial charge in [-0.15, -0.1) is 0 Å². The fourth-order valence-corrected chi connectivity index (χ4v) is 1.40. The third kappa shape index (κ3) is 4.23. The number of hydrogen-bond acceptors (Lipinski definition) is 6. The molecule has 0 atom stereocenters. The van der Waals surface area contributed by atoms with Crippen LogP contribution in [0.5, 0.6) is 0 Å². The van der Waals surface area contributed by atoms with Crippen LogP contribution in [0, 0.1) is 0 Å². The molecular formula is C12H13N5O2. The molecule has 0 amide bonds. The molecule has 98 valence electrons. The van der Waals surface area contributed by atoms with Gasteiger partial charge in [-0.2, -0.15) is 0 Å². The molecule has 0 aromatic carbocycles. The molecule has 2 rings (SSSR count). The number of anilines is 3. The average Bonchev–Trinajstić information content (AvgIpc) is 2.40. The Morgan fingerprint density at radius 1 is 1.21 bits per heavy atom. The van der Waals surface area contributed by atoms with Gasteiger partial charge in [0, 0.05) is 30.7 Å². The highest BCUT2D eigenvalue weighted by Gasteiger charge is 2.00. The molecule has 7 heteroatoms. The fraction of sp³-hybridized carbons (Fsp3) is 0.167. The van der Waals surface area contributed by atoms with Crippen LogP contribution >= 0.6 is 0 Å². The number of carboxylic acid groups (broad SMARTS) is 1. The first-order chi connectivity index (χ1) is 9.24. The number of aliphatic carboxylic acids is 1. The van der Waals surface area contributed by atoms with Crippen LogP contribution in [0.4, 0.5) is 17.3 Å². The van der Waals surface area contributed by atoms with Crippen molar-refractivity contribution in [3.8, 4) is 0 Å². The molecule has 0 aliphatic heterocycles. The number of pyridine rings is 1. The van der Waals surface area contributed by atoms with Gasteiger partial charge in [-0.3, -0.25) is 9.78 Å². The molecule has 0 aliphatic rings. The Balaban J connectivity index is 1.97. The van der Waals surface area contributed by atoms with Crippen LogP contribution in [0.15, 0.2) is 36.9 Å². The number of hydrogen-bond donors (Lipinski definition) is 3. The molecule has 19 heavy (non-hydrogen) atoms. The van der Waals surface area contributed by atoms with Crippen LogP contribution in [-0.2, 0) is 4.79 Å². The Bertz CT molecular complexity index is 547. The number of nitrogens with zero attached hydrogens (tertiary/aromatic N) is 3. The summed E-state index contributed by atoms with van der Waals surface area (Å²) < 4.78 is 0. The van der Waals surface area contributed by atoms with Gasteiger partial charge in [0.25, 0.3) is 0 Å². The molecule has 0 bridgehead atoms. The molecule has 0 fully saturated rings. The van der Waals surface area contributed by atoms with Gasteiger partial charge in [0.1, 0.15) is 18.0 Å². The van der Waals surface area contributed by atoms with E-state index in [2.05, 4.69) is 25.6 Å². The molecule has 2 heterocycles. The second kappa shape index (κ2) is 6.29. The standard InChI is InChI=1S/C12H13N5O2/c18-12(19)3-6-14-10-7-11(16-8-15-10)17-9-1-4-13-5-2-9/h1-2,4-5,7-8H,3,6H2,(H,18,19)(H2,13,14,15,16,17). The Morgan fingerprint density at radius 3 is 2.68 bits per heavy atom. The first kappa shape index (κ1) is 12.7. The van der Waals surface area contributed by atoms with Crippen LogP contribution in [0.3, 0.4) is 0 Å². The zero-order valence-electron chi connectivity index (χ0n) is 10.1. The molecule has 0 radical (unpaired) electrons. The maximum absolute atomic E-state index is 10.4. The van der Waals surface area contributed by atoms with E-state index in [4.69, 9.17) is 5.11 Å². The molecule has 0 saturated carbocycles. The first-order valence-corrected chi connectivity index (χ1v) is 5.69. The second-order valence-corrected chi connectivity index (χ2v) is 3.72. The minimum absolute atomic E-state index is 0.0388. The molecule has 2 aromatic rings. The van der Waals surface area contributed by atoms with Gasteiger partial charge in [-0.25, -0.2) is 9.97 Å². The van der Waals surface area contributed by atoms with E-state index in [9.17, 15) is 4.79 Å². The minimum atomic E-state index is -0.850.